The van der Waals surface area contributed by atoms with Crippen LogP contribution in [0.25, 0.3) is 0 Å². The number of carbonyl (C=O) groups is 3. The van der Waals surface area contributed by atoms with Gasteiger partial charge in [-0.25, -0.2) is 18.4 Å². The van der Waals surface area contributed by atoms with Crippen molar-refractivity contribution in [3.05, 3.63) is 71.3 Å². The molecule has 0 saturated carbocycles. The highest BCUT2D eigenvalue weighted by Gasteiger charge is 2.38. The van der Waals surface area contributed by atoms with E-state index in [2.05, 4.69) is 10.6 Å². The topological polar surface area (TPSA) is 162 Å². The van der Waals surface area contributed by atoms with Crippen molar-refractivity contribution in [2.24, 2.45) is 5.73 Å². The molecule has 0 bridgehead atoms. The number of hydrogen-bond donors (Lipinski definition) is 6. The molecule has 41 heavy (non-hydrogen) atoms. The summed E-state index contributed by atoms with van der Waals surface area (Å²) < 4.78 is 89.9. The number of aliphatic carboxylic acids is 2. The number of aliphatic hydroxyl groups is 1. The highest BCUT2D eigenvalue weighted by atomic mass is 19.4. The molecule has 0 aliphatic rings. The zero-order valence-electron chi connectivity index (χ0n) is 21.1. The van der Waals surface area contributed by atoms with Crippen LogP contribution in [0.3, 0.4) is 0 Å². The number of nitrogens with one attached hydrogen (secondary N) is 2. The summed E-state index contributed by atoms with van der Waals surface area (Å²) in [6.07, 6.45) is -11.0. The molecule has 0 radical (unpaired) electrons. The van der Waals surface area contributed by atoms with Gasteiger partial charge in [-0.1, -0.05) is 30.3 Å². The van der Waals surface area contributed by atoms with E-state index in [0.717, 1.165) is 11.6 Å². The van der Waals surface area contributed by atoms with Gasteiger partial charge in [-0.05, 0) is 36.6 Å². The molecule has 0 aliphatic heterocycles. The Kier molecular flexibility index (Phi) is 15.5. The third-order valence-electron chi connectivity index (χ3n) is 4.71. The van der Waals surface area contributed by atoms with Crippen molar-refractivity contribution in [2.75, 3.05) is 6.54 Å². The maximum Gasteiger partial charge on any atom is 0.490 e. The van der Waals surface area contributed by atoms with Gasteiger partial charge < -0.3 is 31.7 Å². The van der Waals surface area contributed by atoms with Crippen LogP contribution in [0.1, 0.15) is 18.1 Å². The van der Waals surface area contributed by atoms with E-state index in [9.17, 15) is 45.0 Å². The molecule has 1 unspecified atom stereocenters. The maximum atomic E-state index is 13.2. The van der Waals surface area contributed by atoms with Crippen molar-refractivity contribution in [1.82, 2.24) is 10.6 Å². The Morgan fingerprint density at radius 2 is 1.29 bits per heavy atom. The second-order valence-corrected chi connectivity index (χ2v) is 8.15. The van der Waals surface area contributed by atoms with E-state index in [1.807, 2.05) is 30.3 Å². The van der Waals surface area contributed by atoms with Crippen LogP contribution in [-0.2, 0) is 27.3 Å². The smallest absolute Gasteiger partial charge is 0.475 e. The van der Waals surface area contributed by atoms with Gasteiger partial charge in [0.2, 0.25) is 5.91 Å². The van der Waals surface area contributed by atoms with Crippen molar-refractivity contribution in [1.29, 1.82) is 0 Å². The maximum absolute atomic E-state index is 13.2. The number of carbonyl (C=O) groups excluding carboxylic acids is 1. The van der Waals surface area contributed by atoms with E-state index in [4.69, 9.17) is 25.5 Å². The number of carboxylic acid groups (broad SMARTS) is 2. The largest absolute Gasteiger partial charge is 0.490 e. The lowest BCUT2D eigenvalue weighted by Gasteiger charge is -2.22. The first kappa shape index (κ1) is 37.2. The molecule has 0 fully saturated rings. The predicted octanol–water partition coefficient (Wildman–Crippen LogP) is 2.76. The fraction of sp³-hybridized carbons (Fsp3) is 0.375. The van der Waals surface area contributed by atoms with Crippen molar-refractivity contribution < 1.29 is 64.8 Å². The van der Waals surface area contributed by atoms with E-state index < -0.39 is 54.1 Å². The molecule has 9 nitrogen and oxygen atoms in total. The monoisotopic (exact) mass is 605 g/mol. The van der Waals surface area contributed by atoms with Gasteiger partial charge >= 0.3 is 24.3 Å². The third kappa shape index (κ3) is 16.8. The number of aliphatic hydroxyl groups excluding tert-OH is 1. The van der Waals surface area contributed by atoms with E-state index >= 15 is 0 Å². The highest BCUT2D eigenvalue weighted by Crippen LogP contribution is 2.14. The predicted molar refractivity (Wildman–Crippen MR) is 127 cm³/mol. The first-order chi connectivity index (χ1) is 18.7. The number of alkyl halides is 6. The average Bonchev–Trinajstić information content (AvgIpc) is 2.85. The molecule has 3 atom stereocenters. The Morgan fingerprint density at radius 1 is 0.854 bits per heavy atom. The zero-order valence-corrected chi connectivity index (χ0v) is 21.1. The summed E-state index contributed by atoms with van der Waals surface area (Å²) in [4.78, 5) is 29.9. The standard InChI is InChI=1S/C20H25F2N3O2.2C2HF3O2/c1-13(20(27)25-11-14-5-3-2-4-6-14)24-12-19(26)18(23)9-15-7-16(21)10-17(22)8-15;2*3-2(4,5)1(6)7/h2-8,10,13,18-19,24,26H,9,11-12,23H2,1H3,(H,25,27);2*(H,6,7)/t13-,18?,19+;;/m0../s1. The van der Waals surface area contributed by atoms with Crippen LogP contribution < -0.4 is 16.4 Å². The Labute approximate surface area is 228 Å². The number of benzene rings is 2. The molecule has 17 heteroatoms. The van der Waals surface area contributed by atoms with Crippen molar-refractivity contribution in [3.63, 3.8) is 0 Å². The van der Waals surface area contributed by atoms with Crippen molar-refractivity contribution in [2.45, 2.75) is 50.4 Å². The lowest BCUT2D eigenvalue weighted by molar-refractivity contribution is -0.193. The van der Waals surface area contributed by atoms with E-state index in [-0.39, 0.29) is 18.9 Å². The summed E-state index contributed by atoms with van der Waals surface area (Å²) in [5.41, 5.74) is 7.27. The minimum absolute atomic E-state index is 0.0822. The number of halogens is 8. The summed E-state index contributed by atoms with van der Waals surface area (Å²) in [5, 5.41) is 30.1. The SMILES string of the molecule is C[C@H](NC[C@@H](O)C(N)Cc1cc(F)cc(F)c1)C(=O)NCc1ccccc1.O=C(O)C(F)(F)F.O=C(O)C(F)(F)F. The molecular weight excluding hydrogens is 578 g/mol. The number of carboxylic acids is 2. The average molecular weight is 605 g/mol. The quantitative estimate of drug-likeness (QED) is 0.238. The minimum atomic E-state index is -5.08. The first-order valence-corrected chi connectivity index (χ1v) is 11.3. The Hall–Kier alpha value is -3.83. The van der Waals surface area contributed by atoms with Crippen molar-refractivity contribution >= 4 is 17.8 Å². The van der Waals surface area contributed by atoms with Gasteiger partial charge in [-0.3, -0.25) is 4.79 Å². The normalized spacial score (nSPS) is 13.3. The Balaban J connectivity index is 0.000000941. The molecule has 0 saturated heterocycles. The molecule has 0 aliphatic carbocycles. The van der Waals surface area contributed by atoms with Gasteiger partial charge in [0.15, 0.2) is 0 Å². The third-order valence-corrected chi connectivity index (χ3v) is 4.71. The molecule has 0 spiro atoms. The minimum Gasteiger partial charge on any atom is -0.475 e. The van der Waals surface area contributed by atoms with Crippen LogP contribution in [0.5, 0.6) is 0 Å². The van der Waals surface area contributed by atoms with Gasteiger partial charge in [0, 0.05) is 25.2 Å². The van der Waals surface area contributed by atoms with Gasteiger partial charge in [-0.15, -0.1) is 0 Å². The van der Waals surface area contributed by atoms with Gasteiger partial charge in [0.1, 0.15) is 11.6 Å². The Morgan fingerprint density at radius 3 is 1.71 bits per heavy atom. The molecule has 0 aromatic heterocycles. The molecule has 1 amide bonds. The second-order valence-electron chi connectivity index (χ2n) is 8.15. The van der Waals surface area contributed by atoms with Gasteiger partial charge in [-0.2, -0.15) is 26.3 Å². The van der Waals surface area contributed by atoms with Gasteiger partial charge in [0.25, 0.3) is 0 Å². The molecule has 230 valence electrons. The summed E-state index contributed by atoms with van der Waals surface area (Å²) in [6.45, 7) is 2.18. The highest BCUT2D eigenvalue weighted by molar-refractivity contribution is 5.81. The molecule has 2 aromatic rings. The van der Waals surface area contributed by atoms with Crippen LogP contribution in [0, 0.1) is 11.6 Å². The summed E-state index contributed by atoms with van der Waals surface area (Å²) in [5.74, 6) is -7.09. The molecular formula is C24H27F8N3O6. The number of nitrogens with two attached hydrogens (primary N) is 1. The summed E-state index contributed by atoms with van der Waals surface area (Å²) >= 11 is 0. The van der Waals surface area contributed by atoms with Crippen LogP contribution in [0.4, 0.5) is 35.1 Å². The first-order valence-electron chi connectivity index (χ1n) is 11.3. The van der Waals surface area contributed by atoms with Crippen LogP contribution in [-0.4, -0.2) is 70.3 Å². The lowest BCUT2D eigenvalue weighted by atomic mass is 10.0. The summed E-state index contributed by atoms with van der Waals surface area (Å²) in [6, 6.07) is 11.4. The Bertz CT molecular complexity index is 1070. The van der Waals surface area contributed by atoms with E-state index in [0.29, 0.717) is 12.1 Å². The molecule has 2 aromatic carbocycles. The number of rotatable bonds is 9. The number of hydrogen-bond acceptors (Lipinski definition) is 6. The van der Waals surface area contributed by atoms with E-state index in [1.54, 1.807) is 6.92 Å². The summed E-state index contributed by atoms with van der Waals surface area (Å²) in [7, 11) is 0. The van der Waals surface area contributed by atoms with Crippen LogP contribution >= 0.6 is 0 Å². The zero-order chi connectivity index (χ0) is 32.0. The van der Waals surface area contributed by atoms with Crippen molar-refractivity contribution in [3.8, 4) is 0 Å². The molecule has 2 rings (SSSR count). The lowest BCUT2D eigenvalue weighted by Crippen LogP contribution is -2.49. The second kappa shape index (κ2) is 17.1. The van der Waals surface area contributed by atoms with Crippen LogP contribution in [0.15, 0.2) is 48.5 Å². The van der Waals surface area contributed by atoms with E-state index in [1.165, 1.54) is 12.1 Å². The number of amides is 1. The fourth-order valence-electron chi connectivity index (χ4n) is 2.62. The van der Waals surface area contributed by atoms with Gasteiger partial charge in [0.05, 0.1) is 12.1 Å². The molecule has 7 N–H and O–H groups in total. The fourth-order valence-corrected chi connectivity index (χ4v) is 2.62. The molecule has 0 heterocycles. The van der Waals surface area contributed by atoms with Crippen LogP contribution in [0.2, 0.25) is 0 Å².